The van der Waals surface area contributed by atoms with Crippen molar-refractivity contribution in [3.63, 3.8) is 0 Å². The van der Waals surface area contributed by atoms with Crippen LogP contribution in [0, 0.1) is 5.41 Å². The van der Waals surface area contributed by atoms with Crippen LogP contribution in [-0.2, 0) is 26.0 Å². The molecule has 0 bridgehead atoms. The number of rotatable bonds is 5. The number of aromatic nitrogens is 1. The number of hydrogen-bond acceptors (Lipinski definition) is 6. The Kier molecular flexibility index (Phi) is 5.58. The molecule has 134 valence electrons. The van der Waals surface area contributed by atoms with E-state index in [1.165, 1.54) is 35.6 Å². The first-order valence-corrected chi connectivity index (χ1v) is 9.85. The van der Waals surface area contributed by atoms with Crippen molar-refractivity contribution in [1.82, 2.24) is 9.71 Å². The van der Waals surface area contributed by atoms with Gasteiger partial charge in [-0.3, -0.25) is 9.59 Å². The molecule has 2 rings (SSSR count). The Hall–Kier alpha value is -2.26. The molecule has 25 heavy (non-hydrogen) atoms. The molecule has 9 heteroatoms. The second kappa shape index (κ2) is 7.32. The van der Waals surface area contributed by atoms with Gasteiger partial charge in [-0.2, -0.15) is 0 Å². The fourth-order valence-corrected chi connectivity index (χ4v) is 3.31. The first-order chi connectivity index (χ1) is 11.6. The van der Waals surface area contributed by atoms with Crippen LogP contribution >= 0.6 is 11.3 Å². The summed E-state index contributed by atoms with van der Waals surface area (Å²) < 4.78 is 26.5. The lowest BCUT2D eigenvalue weighted by Gasteiger charge is -2.17. The minimum Gasteiger partial charge on any atom is -0.326 e. The Morgan fingerprint density at radius 1 is 1.16 bits per heavy atom. The molecule has 0 fully saturated rings. The van der Waals surface area contributed by atoms with E-state index in [4.69, 9.17) is 0 Å². The summed E-state index contributed by atoms with van der Waals surface area (Å²) in [5, 5.41) is 4.38. The highest BCUT2D eigenvalue weighted by atomic mass is 32.2. The van der Waals surface area contributed by atoms with E-state index in [9.17, 15) is 18.0 Å². The molecule has 0 aliphatic rings. The summed E-state index contributed by atoms with van der Waals surface area (Å²) in [7, 11) is -3.97. The van der Waals surface area contributed by atoms with Gasteiger partial charge in [-0.25, -0.2) is 18.1 Å². The Bertz CT molecular complexity index is 852. The maximum atomic E-state index is 12.2. The third-order valence-electron chi connectivity index (χ3n) is 3.18. The summed E-state index contributed by atoms with van der Waals surface area (Å²) in [5.41, 5.74) is 2.00. The van der Waals surface area contributed by atoms with Crippen molar-refractivity contribution in [3.05, 3.63) is 40.8 Å². The van der Waals surface area contributed by atoms with Gasteiger partial charge >= 0.3 is 0 Å². The summed E-state index contributed by atoms with van der Waals surface area (Å²) in [6.45, 7) is 5.33. The first kappa shape index (κ1) is 19.1. The zero-order valence-electron chi connectivity index (χ0n) is 14.1. The van der Waals surface area contributed by atoms with Crippen LogP contribution in [-0.4, -0.2) is 25.2 Å². The van der Waals surface area contributed by atoms with Gasteiger partial charge in [0.15, 0.2) is 0 Å². The molecule has 1 aromatic heterocycles. The molecule has 0 saturated carbocycles. The second-order valence-corrected chi connectivity index (χ2v) is 8.81. The van der Waals surface area contributed by atoms with Gasteiger partial charge in [0.2, 0.25) is 11.8 Å². The van der Waals surface area contributed by atoms with Crippen LogP contribution in [0.3, 0.4) is 0 Å². The minimum atomic E-state index is -3.97. The van der Waals surface area contributed by atoms with Crippen LogP contribution in [0.4, 0.5) is 5.69 Å². The molecular weight excluding hydrogens is 362 g/mol. The molecule has 1 heterocycles. The third-order valence-corrected chi connectivity index (χ3v) is 5.20. The Morgan fingerprint density at radius 2 is 1.80 bits per heavy atom. The highest BCUT2D eigenvalue weighted by Gasteiger charge is 2.22. The van der Waals surface area contributed by atoms with Gasteiger partial charge in [0, 0.05) is 16.5 Å². The van der Waals surface area contributed by atoms with Crippen LogP contribution in [0.2, 0.25) is 0 Å². The number of carbonyl (C=O) groups excluding carboxylic acids is 2. The lowest BCUT2D eigenvalue weighted by atomic mass is 9.95. The summed E-state index contributed by atoms with van der Waals surface area (Å²) in [5.74, 6) is -0.837. The number of anilines is 1. The molecule has 0 atom stereocenters. The number of benzene rings is 1. The van der Waals surface area contributed by atoms with E-state index in [2.05, 4.69) is 10.3 Å². The van der Waals surface area contributed by atoms with Crippen LogP contribution in [0.1, 0.15) is 26.5 Å². The molecule has 0 spiro atoms. The molecule has 0 aliphatic heterocycles. The number of sulfonamides is 1. The van der Waals surface area contributed by atoms with Crippen LogP contribution < -0.4 is 10.0 Å². The Morgan fingerprint density at radius 3 is 2.32 bits per heavy atom. The average Bonchev–Trinajstić information content (AvgIpc) is 2.99. The number of amides is 2. The lowest BCUT2D eigenvalue weighted by molar-refractivity contribution is -0.123. The normalized spacial score (nSPS) is 11.8. The average molecular weight is 381 g/mol. The van der Waals surface area contributed by atoms with Crippen molar-refractivity contribution in [2.24, 2.45) is 5.41 Å². The fraction of sp³-hybridized carbons (Fsp3) is 0.312. The van der Waals surface area contributed by atoms with E-state index in [1.807, 2.05) is 4.72 Å². The topological polar surface area (TPSA) is 105 Å². The molecule has 7 nitrogen and oxygen atoms in total. The molecule has 0 unspecified atom stereocenters. The van der Waals surface area contributed by atoms with Crippen molar-refractivity contribution in [2.45, 2.75) is 32.1 Å². The number of nitrogens with one attached hydrogen (secondary N) is 2. The monoisotopic (exact) mass is 381 g/mol. The summed E-state index contributed by atoms with van der Waals surface area (Å²) >= 11 is 1.33. The highest BCUT2D eigenvalue weighted by Crippen LogP contribution is 2.19. The molecule has 2 amide bonds. The fourth-order valence-electron chi connectivity index (χ4n) is 1.77. The van der Waals surface area contributed by atoms with Crippen molar-refractivity contribution < 1.29 is 18.0 Å². The number of hydrogen-bond donors (Lipinski definition) is 2. The summed E-state index contributed by atoms with van der Waals surface area (Å²) in [6, 6.07) is 5.61. The van der Waals surface area contributed by atoms with E-state index >= 15 is 0 Å². The van der Waals surface area contributed by atoms with Gasteiger partial charge in [-0.1, -0.05) is 20.8 Å². The first-order valence-electron chi connectivity index (χ1n) is 7.42. The van der Waals surface area contributed by atoms with Crippen LogP contribution in [0.15, 0.2) is 40.1 Å². The van der Waals surface area contributed by atoms with Crippen molar-refractivity contribution in [3.8, 4) is 0 Å². The largest absolute Gasteiger partial charge is 0.326 e. The number of nitrogens with zero attached hydrogens (tertiary/aromatic N) is 1. The van der Waals surface area contributed by atoms with E-state index in [0.29, 0.717) is 11.4 Å². The zero-order valence-corrected chi connectivity index (χ0v) is 15.7. The summed E-state index contributed by atoms with van der Waals surface area (Å²) in [6.07, 6.45) is -0.109. The standard InChI is InChI=1S/C16H19N3O4S2/c1-16(2,3)15(21)18-11-4-6-13(7-5-11)25(22,23)19-14(20)8-12-9-24-10-17-12/h4-7,9-10H,8H2,1-3H3,(H,18,21)(H,19,20). The third kappa shape index (κ3) is 5.36. The minimum absolute atomic E-state index is 0.0621. The van der Waals surface area contributed by atoms with Gasteiger partial charge in [0.25, 0.3) is 10.0 Å². The molecule has 2 aromatic rings. The maximum Gasteiger partial charge on any atom is 0.264 e. The van der Waals surface area contributed by atoms with Gasteiger partial charge in [0.05, 0.1) is 22.5 Å². The van der Waals surface area contributed by atoms with E-state index in [0.717, 1.165) is 0 Å². The smallest absolute Gasteiger partial charge is 0.264 e. The summed E-state index contributed by atoms with van der Waals surface area (Å²) in [4.78, 5) is 27.6. The molecule has 0 radical (unpaired) electrons. The molecular formula is C16H19N3O4S2. The Labute approximate surface area is 150 Å². The number of carbonyl (C=O) groups is 2. The van der Waals surface area contributed by atoms with E-state index < -0.39 is 21.3 Å². The van der Waals surface area contributed by atoms with Crippen LogP contribution in [0.25, 0.3) is 0 Å². The molecule has 0 saturated heterocycles. The van der Waals surface area contributed by atoms with Crippen LogP contribution in [0.5, 0.6) is 0 Å². The van der Waals surface area contributed by atoms with E-state index in [-0.39, 0.29) is 17.2 Å². The molecule has 1 aromatic carbocycles. The predicted molar refractivity (Wildman–Crippen MR) is 95.7 cm³/mol. The second-order valence-electron chi connectivity index (χ2n) is 6.41. The van der Waals surface area contributed by atoms with Gasteiger partial charge in [-0.05, 0) is 24.3 Å². The van der Waals surface area contributed by atoms with Gasteiger partial charge in [0.1, 0.15) is 0 Å². The van der Waals surface area contributed by atoms with Gasteiger partial charge in [-0.15, -0.1) is 11.3 Å². The quantitative estimate of drug-likeness (QED) is 0.826. The van der Waals surface area contributed by atoms with Crippen molar-refractivity contribution >= 4 is 38.9 Å². The highest BCUT2D eigenvalue weighted by molar-refractivity contribution is 7.90. The van der Waals surface area contributed by atoms with Crippen molar-refractivity contribution in [2.75, 3.05) is 5.32 Å². The lowest BCUT2D eigenvalue weighted by Crippen LogP contribution is -2.32. The predicted octanol–water partition coefficient (Wildman–Crippen LogP) is 2.18. The molecule has 2 N–H and O–H groups in total. The zero-order chi connectivity index (χ0) is 18.7. The van der Waals surface area contributed by atoms with Crippen molar-refractivity contribution in [1.29, 1.82) is 0 Å². The number of thiazole rings is 1. The SMILES string of the molecule is CC(C)(C)C(=O)Nc1ccc(S(=O)(=O)NC(=O)Cc2cscn2)cc1. The van der Waals surface area contributed by atoms with Gasteiger partial charge < -0.3 is 5.32 Å². The Balaban J connectivity index is 2.04. The molecule has 0 aliphatic carbocycles. The maximum absolute atomic E-state index is 12.2. The van der Waals surface area contributed by atoms with E-state index in [1.54, 1.807) is 31.7 Å².